The van der Waals surface area contributed by atoms with E-state index >= 15 is 0 Å². The lowest BCUT2D eigenvalue weighted by Crippen LogP contribution is -2.54. The molecule has 0 spiro atoms. The van der Waals surface area contributed by atoms with Crippen molar-refractivity contribution < 1.29 is 9.21 Å². The first-order chi connectivity index (χ1) is 16.0. The van der Waals surface area contributed by atoms with Gasteiger partial charge in [0.25, 0.3) is 6.01 Å². The van der Waals surface area contributed by atoms with E-state index in [1.54, 1.807) is 0 Å². The second-order valence-corrected chi connectivity index (χ2v) is 9.88. The van der Waals surface area contributed by atoms with Gasteiger partial charge in [0, 0.05) is 48.8 Å². The Hall–Kier alpha value is -2.57. The third-order valence-corrected chi connectivity index (χ3v) is 7.33. The third kappa shape index (κ3) is 4.73. The zero-order valence-corrected chi connectivity index (χ0v) is 20.1. The molecule has 1 saturated heterocycles. The van der Waals surface area contributed by atoms with Crippen molar-refractivity contribution in [1.29, 1.82) is 0 Å². The van der Waals surface area contributed by atoms with E-state index in [4.69, 9.17) is 16.0 Å². The topological polar surface area (TPSA) is 61.6 Å². The Morgan fingerprint density at radius 3 is 2.76 bits per heavy atom. The lowest BCUT2D eigenvalue weighted by molar-refractivity contribution is -0.140. The van der Waals surface area contributed by atoms with Crippen LogP contribution in [0.2, 0.25) is 5.02 Å². The maximum Gasteiger partial charge on any atom is 0.300 e. The number of benzene rings is 2. The maximum atomic E-state index is 12.9. The summed E-state index contributed by atoms with van der Waals surface area (Å²) in [6.45, 7) is 7.61. The molecule has 174 valence electrons. The number of aromatic nitrogens is 1. The first kappa shape index (κ1) is 22.2. The van der Waals surface area contributed by atoms with E-state index in [9.17, 15) is 4.79 Å². The predicted molar refractivity (Wildman–Crippen MR) is 132 cm³/mol. The van der Waals surface area contributed by atoms with Crippen LogP contribution in [0, 0.1) is 12.8 Å². The van der Waals surface area contributed by atoms with Gasteiger partial charge in [-0.2, -0.15) is 4.98 Å². The summed E-state index contributed by atoms with van der Waals surface area (Å²) in [6.07, 6.45) is 4.50. The first-order valence-electron chi connectivity index (χ1n) is 11.9. The Morgan fingerprint density at radius 1 is 1.21 bits per heavy atom. The zero-order valence-electron chi connectivity index (χ0n) is 19.3. The van der Waals surface area contributed by atoms with E-state index in [0.29, 0.717) is 16.9 Å². The number of hydrogen-bond donors (Lipinski definition) is 1. The van der Waals surface area contributed by atoms with Crippen LogP contribution in [0.4, 0.5) is 11.7 Å². The van der Waals surface area contributed by atoms with Crippen LogP contribution in [-0.2, 0) is 11.3 Å². The molecule has 1 aliphatic heterocycles. The minimum atomic E-state index is 0.226. The van der Waals surface area contributed by atoms with E-state index in [1.807, 2.05) is 36.4 Å². The van der Waals surface area contributed by atoms with Crippen LogP contribution in [0.3, 0.4) is 0 Å². The minimum Gasteiger partial charge on any atom is -0.423 e. The Bertz CT molecular complexity index is 1120. The van der Waals surface area contributed by atoms with Gasteiger partial charge in [0.15, 0.2) is 5.58 Å². The number of rotatable bonds is 5. The summed E-state index contributed by atoms with van der Waals surface area (Å²) in [5.41, 5.74) is 4.76. The number of hydrogen-bond acceptors (Lipinski definition) is 5. The molecule has 6 nitrogen and oxygen atoms in total. The highest BCUT2D eigenvalue weighted by molar-refractivity contribution is 6.31. The number of oxazole rings is 1. The molecular formula is C26H31ClN4O2. The molecule has 1 aliphatic carbocycles. The molecule has 2 heterocycles. The molecule has 3 aromatic rings. The van der Waals surface area contributed by atoms with Gasteiger partial charge in [-0.05, 0) is 62.1 Å². The van der Waals surface area contributed by atoms with E-state index in [0.717, 1.165) is 61.4 Å². The normalized spacial score (nSPS) is 20.0. The van der Waals surface area contributed by atoms with E-state index in [2.05, 4.69) is 33.9 Å². The molecule has 2 aromatic carbocycles. The van der Waals surface area contributed by atoms with E-state index in [-0.39, 0.29) is 12.0 Å². The van der Waals surface area contributed by atoms with E-state index in [1.165, 1.54) is 18.4 Å². The monoisotopic (exact) mass is 466 g/mol. The van der Waals surface area contributed by atoms with Crippen LogP contribution in [0.25, 0.3) is 11.1 Å². The van der Waals surface area contributed by atoms with Gasteiger partial charge >= 0.3 is 0 Å². The van der Waals surface area contributed by atoms with Gasteiger partial charge in [0.1, 0.15) is 5.52 Å². The molecule has 1 saturated carbocycles. The van der Waals surface area contributed by atoms with Gasteiger partial charge in [-0.3, -0.25) is 9.69 Å². The van der Waals surface area contributed by atoms with Crippen molar-refractivity contribution in [3.63, 3.8) is 0 Å². The number of fused-ring (bicyclic) bond motifs is 1. The first-order valence-corrected chi connectivity index (χ1v) is 12.3. The second kappa shape index (κ2) is 9.35. The number of halogens is 1. The van der Waals surface area contributed by atoms with Crippen molar-refractivity contribution in [3.8, 4) is 0 Å². The highest BCUT2D eigenvalue weighted by Crippen LogP contribution is 2.31. The molecule has 33 heavy (non-hydrogen) atoms. The van der Waals surface area contributed by atoms with Crippen LogP contribution >= 0.6 is 11.6 Å². The van der Waals surface area contributed by atoms with Crippen LogP contribution < -0.4 is 5.32 Å². The van der Waals surface area contributed by atoms with Crippen LogP contribution in [-0.4, -0.2) is 46.4 Å². The maximum absolute atomic E-state index is 12.9. The number of carbonyl (C=O) groups is 1. The number of amides is 1. The number of carbonyl (C=O) groups excluding carboxylic acids is 1. The van der Waals surface area contributed by atoms with Crippen molar-refractivity contribution in [2.45, 2.75) is 52.1 Å². The molecular weight excluding hydrogens is 436 g/mol. The molecule has 1 aromatic heterocycles. The smallest absolute Gasteiger partial charge is 0.300 e. The highest BCUT2D eigenvalue weighted by atomic mass is 35.5. The average Bonchev–Trinajstić information content (AvgIpc) is 3.46. The molecule has 2 aliphatic rings. The largest absolute Gasteiger partial charge is 0.423 e. The Labute approximate surface area is 199 Å². The van der Waals surface area contributed by atoms with Crippen molar-refractivity contribution in [3.05, 3.63) is 52.5 Å². The summed E-state index contributed by atoms with van der Waals surface area (Å²) >= 11 is 6.49. The quantitative estimate of drug-likeness (QED) is 0.518. The zero-order chi connectivity index (χ0) is 22.9. The lowest BCUT2D eigenvalue weighted by Gasteiger charge is -2.41. The number of piperazine rings is 1. The molecule has 7 heteroatoms. The van der Waals surface area contributed by atoms with Crippen LogP contribution in [0.1, 0.15) is 43.7 Å². The summed E-state index contributed by atoms with van der Waals surface area (Å²) in [5, 5.41) is 3.99. The van der Waals surface area contributed by atoms with E-state index < -0.39 is 0 Å². The Balaban J connectivity index is 1.28. The summed E-state index contributed by atoms with van der Waals surface area (Å²) < 4.78 is 5.83. The van der Waals surface area contributed by atoms with Crippen molar-refractivity contribution in [1.82, 2.24) is 14.8 Å². The molecule has 0 radical (unpaired) electrons. The van der Waals surface area contributed by atoms with Gasteiger partial charge in [-0.25, -0.2) is 0 Å². The Kier molecular flexibility index (Phi) is 6.30. The standard InChI is InChI=1S/C26H31ClN4O2/c1-17-15-30(11-12-31(17)25(32)19-7-3-4-8-19)16-20-13-21(27)14-23(18(20)2)29-26-28-22-9-5-6-10-24(22)33-26/h5-6,9-10,13-14,17,19H,3-4,7-8,11-12,15-16H2,1-2H3,(H,28,29)/t17-/m0/s1. The van der Waals surface area contributed by atoms with Gasteiger partial charge in [0.2, 0.25) is 5.91 Å². The summed E-state index contributed by atoms with van der Waals surface area (Å²) in [4.78, 5) is 22.0. The third-order valence-electron chi connectivity index (χ3n) is 7.11. The number of para-hydroxylation sites is 2. The highest BCUT2D eigenvalue weighted by Gasteiger charge is 2.33. The van der Waals surface area contributed by atoms with Crippen molar-refractivity contribution >= 4 is 40.3 Å². The van der Waals surface area contributed by atoms with Crippen molar-refractivity contribution in [2.24, 2.45) is 5.92 Å². The summed E-state index contributed by atoms with van der Waals surface area (Å²) in [5.74, 6) is 0.609. The molecule has 0 unspecified atom stereocenters. The van der Waals surface area contributed by atoms with Gasteiger partial charge in [0.05, 0.1) is 0 Å². The molecule has 2 fully saturated rings. The fourth-order valence-electron chi connectivity index (χ4n) is 5.22. The van der Waals surface area contributed by atoms with Gasteiger partial charge in [-0.15, -0.1) is 0 Å². The summed E-state index contributed by atoms with van der Waals surface area (Å²) in [6, 6.07) is 12.3. The van der Waals surface area contributed by atoms with Crippen molar-refractivity contribution in [2.75, 3.05) is 25.0 Å². The number of anilines is 2. The fraction of sp³-hybridized carbons (Fsp3) is 0.462. The fourth-order valence-corrected chi connectivity index (χ4v) is 5.46. The molecule has 1 amide bonds. The SMILES string of the molecule is Cc1c(CN2CCN(C(=O)C3CCCC3)[C@@H](C)C2)cc(Cl)cc1Nc1nc2ccccc2o1. The lowest BCUT2D eigenvalue weighted by atomic mass is 10.0. The van der Waals surface area contributed by atoms with Crippen LogP contribution in [0.5, 0.6) is 0 Å². The molecule has 1 N–H and O–H groups in total. The van der Waals surface area contributed by atoms with Gasteiger partial charge < -0.3 is 14.6 Å². The minimum absolute atomic E-state index is 0.226. The second-order valence-electron chi connectivity index (χ2n) is 9.45. The van der Waals surface area contributed by atoms with Crippen LogP contribution in [0.15, 0.2) is 40.8 Å². The number of nitrogens with zero attached hydrogens (tertiary/aromatic N) is 3. The molecule has 5 rings (SSSR count). The molecule has 1 atom stereocenters. The summed E-state index contributed by atoms with van der Waals surface area (Å²) in [7, 11) is 0. The van der Waals surface area contributed by atoms with Gasteiger partial charge in [-0.1, -0.05) is 36.6 Å². The number of nitrogens with one attached hydrogen (secondary N) is 1. The predicted octanol–water partition coefficient (Wildman–Crippen LogP) is 5.76. The average molecular weight is 467 g/mol. The Morgan fingerprint density at radius 2 is 2.00 bits per heavy atom. The molecule has 0 bridgehead atoms.